The van der Waals surface area contributed by atoms with Gasteiger partial charge in [0.05, 0.1) is 11.1 Å². The summed E-state index contributed by atoms with van der Waals surface area (Å²) in [5.74, 6) is -0.113. The highest BCUT2D eigenvalue weighted by Gasteiger charge is 2.20. The molecule has 0 saturated carbocycles. The predicted molar refractivity (Wildman–Crippen MR) is 110 cm³/mol. The molecule has 1 saturated heterocycles. The third-order valence-corrected chi connectivity index (χ3v) is 5.63. The number of hydrogen-bond acceptors (Lipinski definition) is 4. The first kappa shape index (κ1) is 24.1. The van der Waals surface area contributed by atoms with Gasteiger partial charge in [-0.3, -0.25) is 9.69 Å². The Bertz CT molecular complexity index is 473. The molecule has 1 aromatic heterocycles. The highest BCUT2D eigenvalue weighted by Crippen LogP contribution is 2.26. The van der Waals surface area contributed by atoms with E-state index in [0.29, 0.717) is 23.0 Å². The minimum absolute atomic E-state index is 0.113. The third-order valence-electron chi connectivity index (χ3n) is 3.36. The Morgan fingerprint density at radius 2 is 2.17 bits per heavy atom. The molecule has 0 radical (unpaired) electrons. The second-order valence-electron chi connectivity index (χ2n) is 5.35. The summed E-state index contributed by atoms with van der Waals surface area (Å²) in [4.78, 5) is 14.6. The zero-order chi connectivity index (χ0) is 18.5. The molecule has 4 nitrogen and oxygen atoms in total. The topological polar surface area (TPSA) is 52.6 Å². The van der Waals surface area contributed by atoms with E-state index >= 15 is 0 Å². The number of nitrogens with zero attached hydrogens (tertiary/aromatic N) is 1. The van der Waals surface area contributed by atoms with Crippen LogP contribution >= 0.6 is 43.8 Å². The van der Waals surface area contributed by atoms with Gasteiger partial charge in [0.1, 0.15) is 4.88 Å². The Morgan fingerprint density at radius 3 is 2.58 bits per heavy atom. The molecule has 1 aliphatic rings. The summed E-state index contributed by atoms with van der Waals surface area (Å²) in [7, 11) is 2.66. The first-order valence-corrected chi connectivity index (χ1v) is 10.8. The first-order chi connectivity index (χ1) is 11.5. The molecule has 2 N–H and O–H groups in total. The smallest absolute Gasteiger partial charge is 0.262 e. The van der Waals surface area contributed by atoms with Crippen LogP contribution in [-0.2, 0) is 0 Å². The Labute approximate surface area is 162 Å². The number of carbonyl (C=O) groups excluding carboxylic acids is 1. The lowest BCUT2D eigenvalue weighted by atomic mass is 10.3. The van der Waals surface area contributed by atoms with E-state index < -0.39 is 0 Å². The van der Waals surface area contributed by atoms with Crippen LogP contribution in [0.4, 0.5) is 0 Å². The largest absolute Gasteiger partial charge is 0.392 e. The van der Waals surface area contributed by atoms with Crippen LogP contribution in [-0.4, -0.2) is 60.7 Å². The van der Waals surface area contributed by atoms with Gasteiger partial charge in [-0.05, 0) is 30.4 Å². The highest BCUT2D eigenvalue weighted by molar-refractivity contribution is 7.16. The second-order valence-corrected chi connectivity index (χ2v) is 7.18. The van der Waals surface area contributed by atoms with Gasteiger partial charge in [0.25, 0.3) is 5.91 Å². The summed E-state index contributed by atoms with van der Waals surface area (Å²) in [5, 5.41) is 14.7. The summed E-state index contributed by atoms with van der Waals surface area (Å²) in [6.45, 7) is 7.00. The van der Waals surface area contributed by atoms with Crippen molar-refractivity contribution < 1.29 is 9.90 Å². The van der Waals surface area contributed by atoms with Crippen molar-refractivity contribution in [3.05, 3.63) is 20.8 Å². The monoisotopic (exact) mass is 414 g/mol. The van der Waals surface area contributed by atoms with Crippen molar-refractivity contribution in [1.29, 1.82) is 0 Å². The Hall–Kier alpha value is 0.1000. The van der Waals surface area contributed by atoms with Gasteiger partial charge in [-0.25, -0.2) is 0 Å². The van der Waals surface area contributed by atoms with Gasteiger partial charge in [0.2, 0.25) is 0 Å². The number of carbonyl (C=O) groups is 1. The molecule has 0 aliphatic carbocycles. The summed E-state index contributed by atoms with van der Waals surface area (Å²) in [5.41, 5.74) is 0.939. The van der Waals surface area contributed by atoms with Gasteiger partial charge in [-0.1, -0.05) is 24.9 Å². The number of amides is 1. The molecule has 2 unspecified atom stereocenters. The molecule has 0 aromatic carbocycles. The molecule has 1 fully saturated rings. The molecule has 2 atom stereocenters. The van der Waals surface area contributed by atoms with Gasteiger partial charge < -0.3 is 10.4 Å². The number of nitrogens with one attached hydrogen (secondary N) is 1. The van der Waals surface area contributed by atoms with E-state index in [1.165, 1.54) is 30.3 Å². The molecule has 1 aliphatic heterocycles. The number of aliphatic hydroxyl groups is 1. The van der Waals surface area contributed by atoms with E-state index in [1.54, 1.807) is 0 Å². The van der Waals surface area contributed by atoms with Gasteiger partial charge in [0.15, 0.2) is 0 Å². The molecule has 2 heterocycles. The summed E-state index contributed by atoms with van der Waals surface area (Å²) in [6, 6.07) is 0. The number of alkyl halides is 1. The van der Waals surface area contributed by atoms with E-state index in [-0.39, 0.29) is 12.0 Å². The van der Waals surface area contributed by atoms with Crippen molar-refractivity contribution in [1.82, 2.24) is 10.2 Å². The van der Waals surface area contributed by atoms with E-state index in [1.807, 2.05) is 12.3 Å². The lowest BCUT2D eigenvalue weighted by Gasteiger charge is -2.14. The molecule has 2 rings (SSSR count). The molecule has 8 heteroatoms. The van der Waals surface area contributed by atoms with Crippen LogP contribution in [0.3, 0.4) is 0 Å². The Kier molecular flexibility index (Phi) is 14.3. The van der Waals surface area contributed by atoms with Crippen molar-refractivity contribution in [3.63, 3.8) is 0 Å². The third kappa shape index (κ3) is 8.98. The molecule has 1 aromatic rings. The normalized spacial score (nSPS) is 16.7. The summed E-state index contributed by atoms with van der Waals surface area (Å²) >= 11 is 12.0. The number of aryl methyl sites for hydroxylation is 1. The van der Waals surface area contributed by atoms with Crippen LogP contribution in [0.25, 0.3) is 0 Å². The Balaban J connectivity index is 0.000000773. The van der Waals surface area contributed by atoms with Gasteiger partial charge in [-0.15, -0.1) is 32.2 Å². The Morgan fingerprint density at radius 1 is 1.54 bits per heavy atom. The van der Waals surface area contributed by atoms with Crippen molar-refractivity contribution in [2.24, 2.45) is 0 Å². The molecule has 0 bridgehead atoms. The number of thiophene rings is 1. The SMILES string of the molecule is CCCP.CCl.Cc1csc(C(=O)NCCN2CCC(O)C2)c1Cl. The molecule has 1 amide bonds. The van der Waals surface area contributed by atoms with Crippen LogP contribution < -0.4 is 5.32 Å². The van der Waals surface area contributed by atoms with Gasteiger partial charge in [-0.2, -0.15) is 0 Å². The average molecular weight is 415 g/mol. The van der Waals surface area contributed by atoms with E-state index in [2.05, 4.69) is 38.0 Å². The fourth-order valence-corrected chi connectivity index (χ4v) is 3.20. The fraction of sp³-hybridized carbons (Fsp3) is 0.688. The van der Waals surface area contributed by atoms with Crippen molar-refractivity contribution in [2.75, 3.05) is 38.7 Å². The summed E-state index contributed by atoms with van der Waals surface area (Å²) in [6.07, 6.45) is 4.60. The molecular formula is C16H29Cl2N2O2PS. The first-order valence-electron chi connectivity index (χ1n) is 7.99. The average Bonchev–Trinajstić information content (AvgIpc) is 3.16. The molecular weight excluding hydrogens is 386 g/mol. The molecule has 24 heavy (non-hydrogen) atoms. The van der Waals surface area contributed by atoms with Crippen LogP contribution in [0.15, 0.2) is 5.38 Å². The zero-order valence-electron chi connectivity index (χ0n) is 14.6. The van der Waals surface area contributed by atoms with Crippen molar-refractivity contribution >= 4 is 49.7 Å². The maximum absolute atomic E-state index is 11.9. The van der Waals surface area contributed by atoms with Crippen LogP contribution in [0, 0.1) is 6.92 Å². The van der Waals surface area contributed by atoms with Crippen molar-refractivity contribution in [3.8, 4) is 0 Å². The van der Waals surface area contributed by atoms with E-state index in [0.717, 1.165) is 25.1 Å². The lowest BCUT2D eigenvalue weighted by Crippen LogP contribution is -2.34. The number of halogens is 2. The zero-order valence-corrected chi connectivity index (χ0v) is 18.1. The van der Waals surface area contributed by atoms with E-state index in [4.69, 9.17) is 11.6 Å². The number of rotatable bonds is 5. The quantitative estimate of drug-likeness (QED) is 0.571. The second kappa shape index (κ2) is 14.3. The van der Waals surface area contributed by atoms with E-state index in [9.17, 15) is 9.90 Å². The maximum Gasteiger partial charge on any atom is 0.262 e. The highest BCUT2D eigenvalue weighted by atomic mass is 35.5. The van der Waals surface area contributed by atoms with Gasteiger partial charge in [0, 0.05) is 32.6 Å². The minimum atomic E-state index is -0.213. The van der Waals surface area contributed by atoms with Crippen LogP contribution in [0.2, 0.25) is 5.02 Å². The molecule has 140 valence electrons. The minimum Gasteiger partial charge on any atom is -0.392 e. The summed E-state index contributed by atoms with van der Waals surface area (Å²) < 4.78 is 0. The maximum atomic E-state index is 11.9. The van der Waals surface area contributed by atoms with Crippen molar-refractivity contribution in [2.45, 2.75) is 32.8 Å². The van der Waals surface area contributed by atoms with Crippen LogP contribution in [0.1, 0.15) is 35.0 Å². The number of hydrogen-bond donors (Lipinski definition) is 2. The van der Waals surface area contributed by atoms with Gasteiger partial charge >= 0.3 is 0 Å². The molecule has 0 spiro atoms. The number of β-amino-alcohol motifs (C(OH)–C–C–N with tert-alkyl or cyclic N) is 1. The standard InChI is InChI=1S/C12H17ClN2O2S.C3H9P.CH3Cl/c1-8-7-18-11(10(8)13)12(17)14-3-5-15-4-2-9(16)6-15;1-2-3-4;1-2/h7,9,16H,2-6H2,1H3,(H,14,17);2-4H2,1H3;1H3. The number of aliphatic hydroxyl groups excluding tert-OH is 1. The number of likely N-dealkylation sites (tertiary alicyclic amines) is 1. The predicted octanol–water partition coefficient (Wildman–Crippen LogP) is 3.63. The lowest BCUT2D eigenvalue weighted by molar-refractivity contribution is 0.0953. The van der Waals surface area contributed by atoms with Crippen LogP contribution in [0.5, 0.6) is 0 Å². The fourth-order valence-electron chi connectivity index (χ4n) is 2.01.